The van der Waals surface area contributed by atoms with Gasteiger partial charge in [-0.05, 0) is 5.56 Å². The van der Waals surface area contributed by atoms with Gasteiger partial charge in [-0.15, -0.1) is 11.6 Å². The summed E-state index contributed by atoms with van der Waals surface area (Å²) in [6, 6.07) is 0. The van der Waals surface area contributed by atoms with E-state index >= 15 is 0 Å². The molecule has 0 aromatic heterocycles. The van der Waals surface area contributed by atoms with Gasteiger partial charge in [-0.2, -0.15) is 0 Å². The number of rotatable bonds is 0. The Bertz CT molecular complexity index is 14.4. The Labute approximate surface area is 58.6 Å². The normalized spacial score (nSPS) is 12.6. The van der Waals surface area contributed by atoms with Crippen molar-refractivity contribution in [3.8, 4) is 0 Å². The molecular weight excluding hydrogens is 98.5 g/mol. The van der Waals surface area contributed by atoms with E-state index in [0.717, 1.165) is 0 Å². The number of alkyl halides is 1. The van der Waals surface area contributed by atoms with Crippen LogP contribution < -0.4 is 34.7 Å². The molecule has 1 atom stereocenters. The van der Waals surface area contributed by atoms with E-state index in [2.05, 4.69) is 0 Å². The minimum atomic E-state index is -0.944. The van der Waals surface area contributed by atoms with E-state index in [4.69, 9.17) is 11.6 Å². The van der Waals surface area contributed by atoms with Gasteiger partial charge in [0.15, 0.2) is 0 Å². The molecule has 0 aliphatic rings. The molecule has 0 rings (SSSR count). The molecule has 0 aromatic carbocycles. The molecule has 0 N–H and O–H groups in total. The molecule has 0 saturated heterocycles. The molecule has 0 radical (unpaired) electrons. The Balaban J connectivity index is 0. The van der Waals surface area contributed by atoms with Gasteiger partial charge in [0.05, 0.1) is 0 Å². The predicted molar refractivity (Wildman–Crippen MR) is 15.3 cm³/mol. The van der Waals surface area contributed by atoms with Gasteiger partial charge in [-0.25, -0.2) is 0 Å². The molecule has 0 amide bonds. The monoisotopic (exact) mass is 102 g/mol. The molecule has 26 valence electrons. The molecule has 5 heavy (non-hydrogen) atoms. The van der Waals surface area contributed by atoms with Crippen LogP contribution in [-0.4, -0.2) is 5.56 Å². The predicted octanol–water partition coefficient (Wildman–Crippen LogP) is -3.06. The van der Waals surface area contributed by atoms with Crippen LogP contribution in [0.25, 0.3) is 0 Å². The van der Waals surface area contributed by atoms with Crippen molar-refractivity contribution in [2.45, 2.75) is 12.5 Å². The van der Waals surface area contributed by atoms with Crippen LogP contribution in [0.1, 0.15) is 6.92 Å². The number of halogens is 1. The van der Waals surface area contributed by atoms with Crippen molar-refractivity contribution in [2.24, 2.45) is 0 Å². The van der Waals surface area contributed by atoms with Crippen molar-refractivity contribution in [1.82, 2.24) is 0 Å². The Hall–Kier alpha value is 1.25. The van der Waals surface area contributed by atoms with Crippen molar-refractivity contribution >= 4 is 11.6 Å². The Morgan fingerprint density at radius 3 is 1.80 bits per heavy atom. The summed E-state index contributed by atoms with van der Waals surface area (Å²) in [5, 5.41) is 9.29. The van der Waals surface area contributed by atoms with Crippen LogP contribution in [0.5, 0.6) is 0 Å². The summed E-state index contributed by atoms with van der Waals surface area (Å²) < 4.78 is 0. The summed E-state index contributed by atoms with van der Waals surface area (Å²) >= 11 is 4.72. The average Bonchev–Trinajstić information content (AvgIpc) is 0.811. The first kappa shape index (κ1) is 9.54. The summed E-state index contributed by atoms with van der Waals surface area (Å²) in [5.74, 6) is 0. The quantitative estimate of drug-likeness (QED) is 0.235. The van der Waals surface area contributed by atoms with Crippen LogP contribution in [0.3, 0.4) is 0 Å². The zero-order valence-corrected chi connectivity index (χ0v) is 6.12. The zero-order valence-electron chi connectivity index (χ0n) is 3.36. The molecule has 0 spiro atoms. The minimum absolute atomic E-state index is 0. The zero-order chi connectivity index (χ0) is 3.58. The fourth-order valence-corrected chi connectivity index (χ4v) is 0. The van der Waals surface area contributed by atoms with Gasteiger partial charge in [0.1, 0.15) is 0 Å². The molecule has 3 heteroatoms. The van der Waals surface area contributed by atoms with Crippen molar-refractivity contribution < 1.29 is 34.7 Å². The van der Waals surface area contributed by atoms with Gasteiger partial charge in [0, 0.05) is 0 Å². The fourth-order valence-electron chi connectivity index (χ4n) is 0. The van der Waals surface area contributed by atoms with Gasteiger partial charge in [-0.3, -0.25) is 0 Å². The first-order valence-corrected chi connectivity index (χ1v) is 1.47. The molecular formula is C2H4ClNaO. The second-order valence-electron chi connectivity index (χ2n) is 0.543. The molecule has 0 aliphatic heterocycles. The first-order chi connectivity index (χ1) is 1.73. The van der Waals surface area contributed by atoms with E-state index in [1.165, 1.54) is 6.92 Å². The third-order valence-corrected chi connectivity index (χ3v) is 0. The van der Waals surface area contributed by atoms with Crippen LogP contribution in [-0.2, 0) is 0 Å². The van der Waals surface area contributed by atoms with Gasteiger partial charge in [-0.1, -0.05) is 6.92 Å². The van der Waals surface area contributed by atoms with E-state index in [0.29, 0.717) is 0 Å². The summed E-state index contributed by atoms with van der Waals surface area (Å²) in [6.07, 6.45) is 0. The summed E-state index contributed by atoms with van der Waals surface area (Å²) in [4.78, 5) is 0. The summed E-state index contributed by atoms with van der Waals surface area (Å²) in [7, 11) is 0. The van der Waals surface area contributed by atoms with Crippen molar-refractivity contribution in [3.05, 3.63) is 0 Å². The molecule has 0 aromatic rings. The molecule has 1 unspecified atom stereocenters. The molecule has 0 bridgehead atoms. The van der Waals surface area contributed by atoms with Crippen molar-refractivity contribution in [1.29, 1.82) is 0 Å². The molecule has 0 saturated carbocycles. The van der Waals surface area contributed by atoms with Gasteiger partial charge in [0.25, 0.3) is 0 Å². The third kappa shape index (κ3) is 35.5. The first-order valence-electron chi connectivity index (χ1n) is 1.03. The van der Waals surface area contributed by atoms with Crippen LogP contribution in [0, 0.1) is 0 Å². The third-order valence-electron chi connectivity index (χ3n) is 0. The summed E-state index contributed by atoms with van der Waals surface area (Å²) in [5.41, 5.74) is -0.944. The minimum Gasteiger partial charge on any atom is -0.840 e. The average molecular weight is 102 g/mol. The number of hydrogen-bond donors (Lipinski definition) is 0. The Morgan fingerprint density at radius 1 is 1.80 bits per heavy atom. The van der Waals surface area contributed by atoms with E-state index in [-0.39, 0.29) is 29.6 Å². The van der Waals surface area contributed by atoms with Crippen LogP contribution >= 0.6 is 11.6 Å². The topological polar surface area (TPSA) is 23.1 Å². The van der Waals surface area contributed by atoms with Crippen molar-refractivity contribution in [2.75, 3.05) is 0 Å². The van der Waals surface area contributed by atoms with Gasteiger partial charge >= 0.3 is 29.6 Å². The smallest absolute Gasteiger partial charge is 0.840 e. The molecule has 0 heterocycles. The Kier molecular flexibility index (Phi) is 10.0. The van der Waals surface area contributed by atoms with Crippen molar-refractivity contribution in [3.63, 3.8) is 0 Å². The SMILES string of the molecule is CC([O-])Cl.[Na+]. The maximum atomic E-state index is 9.29. The van der Waals surface area contributed by atoms with Crippen LogP contribution in [0.15, 0.2) is 0 Å². The Morgan fingerprint density at radius 2 is 1.80 bits per heavy atom. The van der Waals surface area contributed by atoms with Crippen LogP contribution in [0.4, 0.5) is 0 Å². The van der Waals surface area contributed by atoms with Gasteiger partial charge < -0.3 is 5.11 Å². The molecule has 1 nitrogen and oxygen atoms in total. The van der Waals surface area contributed by atoms with Crippen LogP contribution in [0.2, 0.25) is 0 Å². The van der Waals surface area contributed by atoms with E-state index < -0.39 is 5.56 Å². The van der Waals surface area contributed by atoms with E-state index in [1.807, 2.05) is 0 Å². The maximum Gasteiger partial charge on any atom is 1.00 e. The molecule has 0 fully saturated rings. The second kappa shape index (κ2) is 5.25. The van der Waals surface area contributed by atoms with E-state index in [1.54, 1.807) is 0 Å². The summed E-state index contributed by atoms with van der Waals surface area (Å²) in [6.45, 7) is 1.38. The fraction of sp³-hybridized carbons (Fsp3) is 1.00. The maximum absolute atomic E-state index is 9.29. The largest absolute Gasteiger partial charge is 1.00 e. The van der Waals surface area contributed by atoms with E-state index in [9.17, 15) is 5.11 Å². The second-order valence-corrected chi connectivity index (χ2v) is 1.16. The molecule has 0 aliphatic carbocycles. The number of hydrogen-bond acceptors (Lipinski definition) is 1. The standard InChI is InChI=1S/C2H4ClO.Na/c1-2(3)4;/h2H,1H3;/q-1;+1. The van der Waals surface area contributed by atoms with Gasteiger partial charge in [0.2, 0.25) is 0 Å².